The van der Waals surface area contributed by atoms with Crippen LogP contribution in [-0.2, 0) is 4.74 Å². The zero-order valence-electron chi connectivity index (χ0n) is 13.3. The van der Waals surface area contributed by atoms with Gasteiger partial charge in [0.1, 0.15) is 17.4 Å². The highest BCUT2D eigenvalue weighted by atomic mass is 16.6. The molecule has 0 unspecified atom stereocenters. The maximum atomic E-state index is 12.0. The van der Waals surface area contributed by atoms with Gasteiger partial charge in [0, 0.05) is 19.6 Å². The van der Waals surface area contributed by atoms with Crippen LogP contribution in [0.3, 0.4) is 0 Å². The van der Waals surface area contributed by atoms with Crippen LogP contribution in [0.1, 0.15) is 32.9 Å². The number of rotatable bonds is 3. The van der Waals surface area contributed by atoms with Crippen molar-refractivity contribution in [1.82, 2.24) is 9.88 Å². The number of ether oxygens (including phenoxy) is 1. The fourth-order valence-corrected chi connectivity index (χ4v) is 2.32. The number of hydrogen-bond donors (Lipinski definition) is 1. The lowest BCUT2D eigenvalue weighted by Crippen LogP contribution is -2.35. The van der Waals surface area contributed by atoms with Gasteiger partial charge >= 0.3 is 6.09 Å². The predicted molar refractivity (Wildman–Crippen MR) is 83.4 cm³/mol. The zero-order chi connectivity index (χ0) is 16.2. The van der Waals surface area contributed by atoms with Crippen molar-refractivity contribution in [2.45, 2.75) is 32.8 Å². The third-order valence-electron chi connectivity index (χ3n) is 3.41. The molecule has 1 fully saturated rings. The summed E-state index contributed by atoms with van der Waals surface area (Å²) in [6.45, 7) is 7.82. The van der Waals surface area contributed by atoms with E-state index in [1.807, 2.05) is 32.9 Å². The standard InChI is InChI=1S/C16H22N4O2/c1-16(2,3)22-15(21)20-7-6-12(11-20)9-18-14-5-4-13(8-17)19-10-14/h4-5,10,12,18H,6-7,9,11H2,1-3H3/t12-/m1/s1. The van der Waals surface area contributed by atoms with Crippen LogP contribution in [0.25, 0.3) is 0 Å². The van der Waals surface area contributed by atoms with Crippen LogP contribution < -0.4 is 5.32 Å². The molecule has 1 N–H and O–H groups in total. The summed E-state index contributed by atoms with van der Waals surface area (Å²) < 4.78 is 5.38. The fourth-order valence-electron chi connectivity index (χ4n) is 2.32. The number of anilines is 1. The molecule has 118 valence electrons. The third-order valence-corrected chi connectivity index (χ3v) is 3.41. The Hall–Kier alpha value is -2.29. The topological polar surface area (TPSA) is 78.2 Å². The first-order chi connectivity index (χ1) is 10.4. The zero-order valence-corrected chi connectivity index (χ0v) is 13.3. The summed E-state index contributed by atoms with van der Waals surface area (Å²) in [6.07, 6.45) is 2.37. The van der Waals surface area contributed by atoms with E-state index >= 15 is 0 Å². The van der Waals surface area contributed by atoms with E-state index < -0.39 is 5.60 Å². The summed E-state index contributed by atoms with van der Waals surface area (Å²) in [5.74, 6) is 0.392. The van der Waals surface area contributed by atoms with Crippen LogP contribution in [0.4, 0.5) is 10.5 Å². The summed E-state index contributed by atoms with van der Waals surface area (Å²) in [6, 6.07) is 5.52. The molecular formula is C16H22N4O2. The van der Waals surface area contributed by atoms with E-state index in [1.54, 1.807) is 17.2 Å². The van der Waals surface area contributed by atoms with E-state index in [0.29, 0.717) is 18.2 Å². The molecule has 1 atom stereocenters. The van der Waals surface area contributed by atoms with Gasteiger partial charge in [-0.15, -0.1) is 0 Å². The second kappa shape index (κ2) is 6.65. The molecule has 0 spiro atoms. The van der Waals surface area contributed by atoms with Gasteiger partial charge < -0.3 is 15.0 Å². The predicted octanol–water partition coefficient (Wildman–Crippen LogP) is 2.62. The van der Waals surface area contributed by atoms with E-state index in [4.69, 9.17) is 10.00 Å². The monoisotopic (exact) mass is 302 g/mol. The van der Waals surface area contributed by atoms with Gasteiger partial charge in [-0.2, -0.15) is 5.26 Å². The number of nitrogens with zero attached hydrogens (tertiary/aromatic N) is 3. The molecule has 1 aromatic heterocycles. The number of aromatic nitrogens is 1. The Morgan fingerprint density at radius 3 is 2.91 bits per heavy atom. The molecule has 2 heterocycles. The SMILES string of the molecule is CC(C)(C)OC(=O)N1CC[C@H](CNc2ccc(C#N)nc2)C1. The lowest BCUT2D eigenvalue weighted by molar-refractivity contribution is 0.0289. The van der Waals surface area contributed by atoms with E-state index in [-0.39, 0.29) is 6.09 Å². The maximum absolute atomic E-state index is 12.0. The number of likely N-dealkylation sites (tertiary alicyclic amines) is 1. The first-order valence-corrected chi connectivity index (χ1v) is 7.45. The summed E-state index contributed by atoms with van der Waals surface area (Å²) in [7, 11) is 0. The second-order valence-electron chi connectivity index (χ2n) is 6.51. The van der Waals surface area contributed by atoms with Crippen LogP contribution in [0.15, 0.2) is 18.3 Å². The molecule has 6 heteroatoms. The van der Waals surface area contributed by atoms with E-state index in [9.17, 15) is 4.79 Å². The van der Waals surface area contributed by atoms with Gasteiger partial charge in [0.25, 0.3) is 0 Å². The Morgan fingerprint density at radius 1 is 1.55 bits per heavy atom. The van der Waals surface area contributed by atoms with Gasteiger partial charge in [-0.05, 0) is 45.2 Å². The van der Waals surface area contributed by atoms with Gasteiger partial charge in [-0.1, -0.05) is 0 Å². The molecule has 2 rings (SSSR count). The molecule has 1 aromatic rings. The number of amides is 1. The average molecular weight is 302 g/mol. The Kier molecular flexibility index (Phi) is 4.86. The number of hydrogen-bond acceptors (Lipinski definition) is 5. The Morgan fingerprint density at radius 2 is 2.32 bits per heavy atom. The van der Waals surface area contributed by atoms with Crippen LogP contribution >= 0.6 is 0 Å². The summed E-state index contributed by atoms with van der Waals surface area (Å²) in [4.78, 5) is 17.8. The highest BCUT2D eigenvalue weighted by molar-refractivity contribution is 5.68. The highest BCUT2D eigenvalue weighted by Crippen LogP contribution is 2.20. The van der Waals surface area contributed by atoms with Gasteiger partial charge in [0.2, 0.25) is 0 Å². The molecule has 1 aliphatic rings. The molecule has 22 heavy (non-hydrogen) atoms. The molecule has 0 saturated carbocycles. The van der Waals surface area contributed by atoms with Crippen molar-refractivity contribution >= 4 is 11.8 Å². The number of nitrogens with one attached hydrogen (secondary N) is 1. The van der Waals surface area contributed by atoms with E-state index in [2.05, 4.69) is 10.3 Å². The first kappa shape index (κ1) is 16.1. The molecule has 6 nitrogen and oxygen atoms in total. The number of nitriles is 1. The molecule has 0 aromatic carbocycles. The molecule has 1 aliphatic heterocycles. The third kappa shape index (κ3) is 4.62. The van der Waals surface area contributed by atoms with Crippen LogP contribution in [0.5, 0.6) is 0 Å². The normalized spacial score (nSPS) is 17.9. The van der Waals surface area contributed by atoms with Crippen LogP contribution in [0, 0.1) is 17.2 Å². The maximum Gasteiger partial charge on any atom is 0.410 e. The molecule has 0 radical (unpaired) electrons. The quantitative estimate of drug-likeness (QED) is 0.928. The van der Waals surface area contributed by atoms with Crippen molar-refractivity contribution in [3.8, 4) is 6.07 Å². The minimum absolute atomic E-state index is 0.241. The Balaban J connectivity index is 1.78. The lowest BCUT2D eigenvalue weighted by atomic mass is 10.1. The second-order valence-corrected chi connectivity index (χ2v) is 6.51. The molecule has 0 bridgehead atoms. The Bertz CT molecular complexity index is 557. The molecular weight excluding hydrogens is 280 g/mol. The van der Waals surface area contributed by atoms with Gasteiger partial charge in [0.15, 0.2) is 0 Å². The summed E-state index contributed by atoms with van der Waals surface area (Å²) >= 11 is 0. The lowest BCUT2D eigenvalue weighted by Gasteiger charge is -2.24. The van der Waals surface area contributed by atoms with Gasteiger partial charge in [-0.3, -0.25) is 0 Å². The number of carbonyl (C=O) groups excluding carboxylic acids is 1. The fraction of sp³-hybridized carbons (Fsp3) is 0.562. The van der Waals surface area contributed by atoms with Crippen molar-refractivity contribution in [3.05, 3.63) is 24.0 Å². The summed E-state index contributed by atoms with van der Waals surface area (Å²) in [5, 5.41) is 12.0. The van der Waals surface area contributed by atoms with Gasteiger partial charge in [-0.25, -0.2) is 9.78 Å². The van der Waals surface area contributed by atoms with Crippen LogP contribution in [0.2, 0.25) is 0 Å². The van der Waals surface area contributed by atoms with Crippen molar-refractivity contribution in [2.75, 3.05) is 25.0 Å². The van der Waals surface area contributed by atoms with E-state index in [0.717, 1.165) is 25.2 Å². The van der Waals surface area contributed by atoms with Crippen molar-refractivity contribution < 1.29 is 9.53 Å². The van der Waals surface area contributed by atoms with Crippen molar-refractivity contribution in [1.29, 1.82) is 5.26 Å². The molecule has 1 amide bonds. The number of pyridine rings is 1. The first-order valence-electron chi connectivity index (χ1n) is 7.45. The highest BCUT2D eigenvalue weighted by Gasteiger charge is 2.29. The molecule has 0 aliphatic carbocycles. The van der Waals surface area contributed by atoms with Crippen LogP contribution in [-0.4, -0.2) is 41.2 Å². The average Bonchev–Trinajstić information content (AvgIpc) is 2.93. The summed E-state index contributed by atoms with van der Waals surface area (Å²) in [5.41, 5.74) is 0.832. The van der Waals surface area contributed by atoms with Gasteiger partial charge in [0.05, 0.1) is 11.9 Å². The van der Waals surface area contributed by atoms with Crippen molar-refractivity contribution in [2.24, 2.45) is 5.92 Å². The minimum Gasteiger partial charge on any atom is -0.444 e. The van der Waals surface area contributed by atoms with E-state index in [1.165, 1.54) is 0 Å². The largest absolute Gasteiger partial charge is 0.444 e. The van der Waals surface area contributed by atoms with Crippen molar-refractivity contribution in [3.63, 3.8) is 0 Å². The minimum atomic E-state index is -0.457. The molecule has 1 saturated heterocycles. The smallest absolute Gasteiger partial charge is 0.410 e. The Labute approximate surface area is 131 Å². The number of carbonyl (C=O) groups is 1.